The summed E-state index contributed by atoms with van der Waals surface area (Å²) in [5.74, 6) is -0.169. The highest BCUT2D eigenvalue weighted by Crippen LogP contribution is 2.08. The molecule has 0 saturated heterocycles. The minimum absolute atomic E-state index is 0.0431. The Morgan fingerprint density at radius 2 is 2.10 bits per heavy atom. The van der Waals surface area contributed by atoms with Gasteiger partial charge in [-0.15, -0.1) is 0 Å². The Kier molecular flexibility index (Phi) is 4.90. The molecular weight excluding hydrogens is 254 g/mol. The van der Waals surface area contributed by atoms with Crippen molar-refractivity contribution in [3.05, 3.63) is 48.3 Å². The molecule has 0 spiro atoms. The summed E-state index contributed by atoms with van der Waals surface area (Å²) in [5, 5.41) is 6.98. The summed E-state index contributed by atoms with van der Waals surface area (Å²) < 4.78 is 7.02. The van der Waals surface area contributed by atoms with Gasteiger partial charge in [-0.3, -0.25) is 9.48 Å². The highest BCUT2D eigenvalue weighted by atomic mass is 16.5. The summed E-state index contributed by atoms with van der Waals surface area (Å²) in [6.45, 7) is 4.52. The smallest absolute Gasteiger partial charge is 0.250 e. The molecule has 0 saturated carbocycles. The third-order valence-corrected chi connectivity index (χ3v) is 2.65. The topological polar surface area (TPSA) is 56.1 Å². The second-order valence-electron chi connectivity index (χ2n) is 4.82. The van der Waals surface area contributed by atoms with Crippen molar-refractivity contribution < 1.29 is 9.53 Å². The average Bonchev–Trinajstić information content (AvgIpc) is 2.85. The zero-order valence-corrected chi connectivity index (χ0v) is 11.7. The summed E-state index contributed by atoms with van der Waals surface area (Å²) in [4.78, 5) is 11.6. The van der Waals surface area contributed by atoms with E-state index in [-0.39, 0.29) is 18.6 Å². The highest BCUT2D eigenvalue weighted by Gasteiger charge is 2.06. The molecule has 0 aliphatic carbocycles. The van der Waals surface area contributed by atoms with E-state index in [4.69, 9.17) is 4.74 Å². The lowest BCUT2D eigenvalue weighted by atomic mass is 10.2. The van der Waals surface area contributed by atoms with E-state index in [1.807, 2.05) is 44.2 Å². The average molecular weight is 273 g/mol. The maximum Gasteiger partial charge on any atom is 0.250 e. The van der Waals surface area contributed by atoms with Crippen LogP contribution in [0.25, 0.3) is 0 Å². The second kappa shape index (κ2) is 6.86. The van der Waals surface area contributed by atoms with Crippen LogP contribution in [0.3, 0.4) is 0 Å². The van der Waals surface area contributed by atoms with Crippen molar-refractivity contribution in [1.29, 1.82) is 0 Å². The molecule has 1 N–H and O–H groups in total. The van der Waals surface area contributed by atoms with Crippen LogP contribution in [0.15, 0.2) is 42.7 Å². The second-order valence-corrected chi connectivity index (χ2v) is 4.82. The molecule has 5 nitrogen and oxygen atoms in total. The Bertz CT molecular complexity index is 549. The lowest BCUT2D eigenvalue weighted by Gasteiger charge is -2.06. The number of rotatable bonds is 6. The first kappa shape index (κ1) is 14.3. The Morgan fingerprint density at radius 3 is 2.80 bits per heavy atom. The molecule has 2 rings (SSSR count). The SMILES string of the molecule is CC(C)OCC(=O)Nc1cnn(Cc2ccccc2)c1. The van der Waals surface area contributed by atoms with Gasteiger partial charge in [-0.2, -0.15) is 5.10 Å². The minimum Gasteiger partial charge on any atom is -0.369 e. The highest BCUT2D eigenvalue weighted by molar-refractivity contribution is 5.91. The Morgan fingerprint density at radius 1 is 1.35 bits per heavy atom. The van der Waals surface area contributed by atoms with E-state index in [0.717, 1.165) is 5.56 Å². The van der Waals surface area contributed by atoms with Crippen LogP contribution in [0.4, 0.5) is 5.69 Å². The van der Waals surface area contributed by atoms with Crippen molar-refractivity contribution in [2.75, 3.05) is 11.9 Å². The van der Waals surface area contributed by atoms with Crippen LogP contribution in [0.2, 0.25) is 0 Å². The largest absolute Gasteiger partial charge is 0.369 e. The van der Waals surface area contributed by atoms with Crippen molar-refractivity contribution in [3.63, 3.8) is 0 Å². The van der Waals surface area contributed by atoms with Crippen LogP contribution in [-0.4, -0.2) is 28.4 Å². The number of anilines is 1. The van der Waals surface area contributed by atoms with E-state index < -0.39 is 0 Å². The standard InChI is InChI=1S/C15H19N3O2/c1-12(2)20-11-15(19)17-14-8-16-18(10-14)9-13-6-4-3-5-7-13/h3-8,10,12H,9,11H2,1-2H3,(H,17,19). The van der Waals surface area contributed by atoms with Gasteiger partial charge in [0.15, 0.2) is 0 Å². The first-order valence-electron chi connectivity index (χ1n) is 6.61. The molecular formula is C15H19N3O2. The summed E-state index contributed by atoms with van der Waals surface area (Å²) in [6.07, 6.45) is 3.48. The monoisotopic (exact) mass is 273 g/mol. The Hall–Kier alpha value is -2.14. The molecule has 5 heteroatoms. The van der Waals surface area contributed by atoms with Gasteiger partial charge in [0.05, 0.1) is 24.5 Å². The van der Waals surface area contributed by atoms with Gasteiger partial charge < -0.3 is 10.1 Å². The van der Waals surface area contributed by atoms with Gasteiger partial charge in [-0.05, 0) is 19.4 Å². The summed E-state index contributed by atoms with van der Waals surface area (Å²) >= 11 is 0. The molecule has 0 fully saturated rings. The molecule has 106 valence electrons. The van der Waals surface area contributed by atoms with Crippen LogP contribution in [0.1, 0.15) is 19.4 Å². The number of carbonyl (C=O) groups is 1. The molecule has 1 amide bonds. The normalized spacial score (nSPS) is 10.8. The van der Waals surface area contributed by atoms with Crippen molar-refractivity contribution in [3.8, 4) is 0 Å². The first-order valence-corrected chi connectivity index (χ1v) is 6.61. The van der Waals surface area contributed by atoms with Crippen molar-refractivity contribution in [1.82, 2.24) is 9.78 Å². The van der Waals surface area contributed by atoms with Gasteiger partial charge in [-0.25, -0.2) is 0 Å². The number of ether oxygens (including phenoxy) is 1. The molecule has 1 aromatic carbocycles. The maximum atomic E-state index is 11.6. The quantitative estimate of drug-likeness (QED) is 0.878. The number of hydrogen-bond donors (Lipinski definition) is 1. The molecule has 0 unspecified atom stereocenters. The molecule has 0 aliphatic heterocycles. The van der Waals surface area contributed by atoms with E-state index in [0.29, 0.717) is 12.2 Å². The van der Waals surface area contributed by atoms with Gasteiger partial charge >= 0.3 is 0 Å². The molecule has 1 heterocycles. The fraction of sp³-hybridized carbons (Fsp3) is 0.333. The van der Waals surface area contributed by atoms with Gasteiger partial charge in [0.25, 0.3) is 0 Å². The van der Waals surface area contributed by atoms with Gasteiger partial charge in [0.2, 0.25) is 5.91 Å². The number of nitrogens with one attached hydrogen (secondary N) is 1. The fourth-order valence-corrected chi connectivity index (χ4v) is 1.72. The van der Waals surface area contributed by atoms with Crippen LogP contribution >= 0.6 is 0 Å². The number of hydrogen-bond acceptors (Lipinski definition) is 3. The number of amides is 1. The molecule has 0 bridgehead atoms. The number of aromatic nitrogens is 2. The molecule has 0 atom stereocenters. The Balaban J connectivity index is 1.87. The van der Waals surface area contributed by atoms with Crippen LogP contribution in [-0.2, 0) is 16.1 Å². The third-order valence-electron chi connectivity index (χ3n) is 2.65. The lowest BCUT2D eigenvalue weighted by Crippen LogP contribution is -2.20. The summed E-state index contributed by atoms with van der Waals surface area (Å²) in [5.41, 5.74) is 1.84. The van der Waals surface area contributed by atoms with Crippen LogP contribution in [0, 0.1) is 0 Å². The maximum absolute atomic E-state index is 11.6. The van der Waals surface area contributed by atoms with Gasteiger partial charge in [0, 0.05) is 6.20 Å². The van der Waals surface area contributed by atoms with Crippen molar-refractivity contribution in [2.24, 2.45) is 0 Å². The molecule has 1 aromatic heterocycles. The zero-order chi connectivity index (χ0) is 14.4. The molecule has 2 aromatic rings. The van der Waals surface area contributed by atoms with E-state index in [1.165, 1.54) is 0 Å². The van der Waals surface area contributed by atoms with Crippen molar-refractivity contribution >= 4 is 11.6 Å². The van der Waals surface area contributed by atoms with E-state index >= 15 is 0 Å². The minimum atomic E-state index is -0.169. The molecule has 0 aliphatic rings. The zero-order valence-electron chi connectivity index (χ0n) is 11.7. The number of carbonyl (C=O) groups excluding carboxylic acids is 1. The lowest BCUT2D eigenvalue weighted by molar-refractivity contribution is -0.121. The predicted octanol–water partition coefficient (Wildman–Crippen LogP) is 2.29. The summed E-state index contributed by atoms with van der Waals surface area (Å²) in [6, 6.07) is 10.0. The van der Waals surface area contributed by atoms with Crippen LogP contribution in [0.5, 0.6) is 0 Å². The first-order chi connectivity index (χ1) is 9.63. The third kappa shape index (κ3) is 4.51. The molecule has 0 radical (unpaired) electrons. The van der Waals surface area contributed by atoms with Crippen molar-refractivity contribution in [2.45, 2.75) is 26.5 Å². The predicted molar refractivity (Wildman–Crippen MR) is 77.5 cm³/mol. The van der Waals surface area contributed by atoms with Gasteiger partial charge in [-0.1, -0.05) is 30.3 Å². The van der Waals surface area contributed by atoms with Gasteiger partial charge in [0.1, 0.15) is 6.61 Å². The van der Waals surface area contributed by atoms with E-state index in [9.17, 15) is 4.79 Å². The summed E-state index contributed by atoms with van der Waals surface area (Å²) in [7, 11) is 0. The number of nitrogens with zero attached hydrogens (tertiary/aromatic N) is 2. The fourth-order valence-electron chi connectivity index (χ4n) is 1.72. The number of benzene rings is 1. The van der Waals surface area contributed by atoms with Crippen LogP contribution < -0.4 is 5.32 Å². The van der Waals surface area contributed by atoms with E-state index in [1.54, 1.807) is 17.1 Å². The Labute approximate surface area is 118 Å². The molecule has 20 heavy (non-hydrogen) atoms. The van der Waals surface area contributed by atoms with E-state index in [2.05, 4.69) is 10.4 Å².